The van der Waals surface area contributed by atoms with E-state index in [1.165, 1.54) is 11.5 Å². The lowest BCUT2D eigenvalue weighted by molar-refractivity contribution is -0.139. The van der Waals surface area contributed by atoms with E-state index in [0.717, 1.165) is 10.1 Å². The van der Waals surface area contributed by atoms with Gasteiger partial charge in [-0.2, -0.15) is 4.37 Å². The van der Waals surface area contributed by atoms with Crippen molar-refractivity contribution in [3.05, 3.63) is 24.4 Å². The van der Waals surface area contributed by atoms with E-state index < -0.39 is 5.97 Å². The fraction of sp³-hybridized carbons (Fsp3) is 0.111. The first-order valence-corrected chi connectivity index (χ1v) is 4.73. The molecule has 0 saturated carbocycles. The fourth-order valence-corrected chi connectivity index (χ4v) is 1.79. The molecule has 0 unspecified atom stereocenters. The summed E-state index contributed by atoms with van der Waals surface area (Å²) in [4.78, 5) is 10.3. The second kappa shape index (κ2) is 3.63. The van der Waals surface area contributed by atoms with Crippen LogP contribution < -0.4 is 4.74 Å². The zero-order chi connectivity index (χ0) is 9.97. The van der Waals surface area contributed by atoms with Crippen LogP contribution in [0.25, 0.3) is 10.1 Å². The normalized spacial score (nSPS) is 10.3. The van der Waals surface area contributed by atoms with Crippen LogP contribution in [0.4, 0.5) is 0 Å². The molecule has 0 saturated heterocycles. The molecule has 14 heavy (non-hydrogen) atoms. The molecule has 0 bridgehead atoms. The minimum absolute atomic E-state index is 0.324. The topological polar surface area (TPSA) is 59.4 Å². The van der Waals surface area contributed by atoms with Crippen LogP contribution in [0, 0.1) is 0 Å². The molecule has 0 atom stereocenters. The quantitative estimate of drug-likeness (QED) is 0.836. The number of nitrogens with zero attached hydrogens (tertiary/aromatic N) is 1. The van der Waals surface area contributed by atoms with Gasteiger partial charge in [-0.3, -0.25) is 0 Å². The molecule has 0 radical (unpaired) electrons. The molecule has 0 aliphatic carbocycles. The number of fused-ring (bicyclic) bond motifs is 1. The number of hydrogen-bond acceptors (Lipinski definition) is 4. The first-order valence-electron chi connectivity index (χ1n) is 3.95. The molecule has 5 heteroatoms. The fourth-order valence-electron chi connectivity index (χ4n) is 1.13. The average molecular weight is 209 g/mol. The van der Waals surface area contributed by atoms with Gasteiger partial charge in [0.25, 0.3) is 0 Å². The van der Waals surface area contributed by atoms with Gasteiger partial charge < -0.3 is 9.84 Å². The van der Waals surface area contributed by atoms with Crippen LogP contribution in [0.5, 0.6) is 5.75 Å². The third-order valence-corrected chi connectivity index (χ3v) is 2.47. The summed E-state index contributed by atoms with van der Waals surface area (Å²) in [5.74, 6) is -0.413. The summed E-state index contributed by atoms with van der Waals surface area (Å²) < 4.78 is 10.1. The number of hydrogen-bond donors (Lipinski definition) is 1. The summed E-state index contributed by atoms with van der Waals surface area (Å²) >= 11 is 1.36. The largest absolute Gasteiger partial charge is 0.481 e. The van der Waals surface area contributed by atoms with Gasteiger partial charge in [-0.05, 0) is 23.7 Å². The van der Waals surface area contributed by atoms with Gasteiger partial charge >= 0.3 is 5.97 Å². The highest BCUT2D eigenvalue weighted by atomic mass is 32.1. The minimum atomic E-state index is -0.981. The highest BCUT2D eigenvalue weighted by Gasteiger charge is 2.05. The smallest absolute Gasteiger partial charge is 0.341 e. The lowest BCUT2D eigenvalue weighted by Crippen LogP contribution is -2.09. The number of rotatable bonds is 3. The van der Waals surface area contributed by atoms with Crippen molar-refractivity contribution in [2.45, 2.75) is 0 Å². The van der Waals surface area contributed by atoms with Crippen molar-refractivity contribution in [3.63, 3.8) is 0 Å². The first-order chi connectivity index (χ1) is 6.77. The Labute approximate surface area is 83.9 Å². The summed E-state index contributed by atoms with van der Waals surface area (Å²) in [7, 11) is 0. The number of carbonyl (C=O) groups is 1. The van der Waals surface area contributed by atoms with Crippen molar-refractivity contribution in [2.75, 3.05) is 6.61 Å². The molecule has 0 aliphatic heterocycles. The molecule has 1 heterocycles. The van der Waals surface area contributed by atoms with E-state index in [1.807, 2.05) is 12.1 Å². The van der Waals surface area contributed by atoms with Gasteiger partial charge in [-0.15, -0.1) is 0 Å². The van der Waals surface area contributed by atoms with Crippen LogP contribution in [-0.2, 0) is 4.79 Å². The third-order valence-electron chi connectivity index (χ3n) is 1.71. The summed E-state index contributed by atoms with van der Waals surface area (Å²) in [6, 6.07) is 5.47. The van der Waals surface area contributed by atoms with Crippen LogP contribution in [0.2, 0.25) is 0 Å². The highest BCUT2D eigenvalue weighted by Crippen LogP contribution is 2.27. The number of benzene rings is 1. The molecule has 2 rings (SSSR count). The zero-order valence-electron chi connectivity index (χ0n) is 7.14. The van der Waals surface area contributed by atoms with Crippen LogP contribution >= 0.6 is 11.5 Å². The molecule has 2 aromatic rings. The van der Waals surface area contributed by atoms with Gasteiger partial charge in [0.15, 0.2) is 6.61 Å². The van der Waals surface area contributed by atoms with E-state index >= 15 is 0 Å². The molecule has 4 nitrogen and oxygen atoms in total. The number of ether oxygens (including phenoxy) is 1. The van der Waals surface area contributed by atoms with Crippen molar-refractivity contribution < 1.29 is 14.6 Å². The molecular formula is C9H7NO3S. The van der Waals surface area contributed by atoms with Gasteiger partial charge in [0, 0.05) is 0 Å². The lowest BCUT2D eigenvalue weighted by Gasteiger charge is -2.02. The standard InChI is InChI=1S/C9H7NO3S/c11-9(12)5-13-7-2-1-3-8-6(7)4-10-14-8/h1-4H,5H2,(H,11,12). The average Bonchev–Trinajstić information content (AvgIpc) is 2.62. The van der Waals surface area contributed by atoms with Crippen molar-refractivity contribution >= 4 is 27.6 Å². The molecule has 1 aromatic carbocycles. The van der Waals surface area contributed by atoms with Crippen LogP contribution in [0.1, 0.15) is 0 Å². The van der Waals surface area contributed by atoms with Crippen LogP contribution in [-0.4, -0.2) is 22.1 Å². The Morgan fingerprint density at radius 1 is 1.57 bits per heavy atom. The maximum absolute atomic E-state index is 10.3. The van der Waals surface area contributed by atoms with Crippen molar-refractivity contribution in [3.8, 4) is 5.75 Å². The third kappa shape index (κ3) is 1.67. The van der Waals surface area contributed by atoms with E-state index in [4.69, 9.17) is 9.84 Å². The minimum Gasteiger partial charge on any atom is -0.481 e. The Morgan fingerprint density at radius 2 is 2.43 bits per heavy atom. The predicted molar refractivity (Wildman–Crippen MR) is 52.8 cm³/mol. The zero-order valence-corrected chi connectivity index (χ0v) is 7.95. The molecule has 1 N–H and O–H groups in total. The molecule has 0 fully saturated rings. The Morgan fingerprint density at radius 3 is 3.21 bits per heavy atom. The molecule has 1 aromatic heterocycles. The van der Waals surface area contributed by atoms with Crippen molar-refractivity contribution in [2.24, 2.45) is 0 Å². The molecule has 72 valence electrons. The summed E-state index contributed by atoms with van der Waals surface area (Å²) in [5.41, 5.74) is 0. The summed E-state index contributed by atoms with van der Waals surface area (Å²) in [6.45, 7) is -0.324. The van der Waals surface area contributed by atoms with Gasteiger partial charge in [0.1, 0.15) is 5.75 Å². The van der Waals surface area contributed by atoms with Gasteiger partial charge in [0.2, 0.25) is 0 Å². The van der Waals surface area contributed by atoms with Crippen LogP contribution in [0.15, 0.2) is 24.4 Å². The van der Waals surface area contributed by atoms with Gasteiger partial charge in [-0.25, -0.2) is 4.79 Å². The van der Waals surface area contributed by atoms with E-state index in [-0.39, 0.29) is 6.61 Å². The summed E-state index contributed by atoms with van der Waals surface area (Å²) in [5, 5.41) is 9.32. The SMILES string of the molecule is O=C(O)COc1cccc2sncc12. The van der Waals surface area contributed by atoms with E-state index in [0.29, 0.717) is 5.75 Å². The van der Waals surface area contributed by atoms with E-state index in [1.54, 1.807) is 12.3 Å². The summed E-state index contributed by atoms with van der Waals surface area (Å²) in [6.07, 6.45) is 1.68. The highest BCUT2D eigenvalue weighted by molar-refractivity contribution is 7.13. The van der Waals surface area contributed by atoms with Crippen molar-refractivity contribution in [1.82, 2.24) is 4.37 Å². The van der Waals surface area contributed by atoms with Crippen LogP contribution in [0.3, 0.4) is 0 Å². The molecule has 0 aliphatic rings. The second-order valence-corrected chi connectivity index (χ2v) is 3.51. The number of carboxylic acids is 1. The monoisotopic (exact) mass is 209 g/mol. The van der Waals surface area contributed by atoms with E-state index in [9.17, 15) is 4.79 Å². The molecular weight excluding hydrogens is 202 g/mol. The second-order valence-electron chi connectivity index (χ2n) is 2.68. The first kappa shape index (κ1) is 8.96. The predicted octanol–water partition coefficient (Wildman–Crippen LogP) is 1.76. The Balaban J connectivity index is 2.32. The Hall–Kier alpha value is -1.62. The van der Waals surface area contributed by atoms with E-state index in [2.05, 4.69) is 4.37 Å². The maximum atomic E-state index is 10.3. The number of carboxylic acid groups (broad SMARTS) is 1. The molecule has 0 amide bonds. The lowest BCUT2D eigenvalue weighted by atomic mass is 10.2. The van der Waals surface area contributed by atoms with Gasteiger partial charge in [-0.1, -0.05) is 6.07 Å². The Bertz CT molecular complexity index is 466. The van der Waals surface area contributed by atoms with Gasteiger partial charge in [0.05, 0.1) is 16.3 Å². The number of aliphatic carboxylic acids is 1. The molecule has 0 spiro atoms. The Kier molecular flexibility index (Phi) is 2.32. The van der Waals surface area contributed by atoms with Crippen molar-refractivity contribution in [1.29, 1.82) is 0 Å². The maximum Gasteiger partial charge on any atom is 0.341 e. The number of aromatic nitrogens is 1.